The molecule has 0 N–H and O–H groups in total. The summed E-state index contributed by atoms with van der Waals surface area (Å²) in [5.41, 5.74) is 0. The van der Waals surface area contributed by atoms with E-state index in [1.807, 2.05) is 23.5 Å². The second-order valence-electron chi connectivity index (χ2n) is 2.77. The van der Waals surface area contributed by atoms with Gasteiger partial charge in [0.05, 0.1) is 6.61 Å². The largest absolute Gasteiger partial charge is 0.384 e. The van der Waals surface area contributed by atoms with Crippen LogP contribution in [0.15, 0.2) is 35.2 Å². The summed E-state index contributed by atoms with van der Waals surface area (Å²) in [5, 5.41) is 0. The maximum Gasteiger partial charge on any atom is 0.0552 e. The van der Waals surface area contributed by atoms with E-state index in [0.29, 0.717) is 0 Å². The van der Waals surface area contributed by atoms with Gasteiger partial charge in [0.25, 0.3) is 0 Å². The zero-order chi connectivity index (χ0) is 10.1. The summed E-state index contributed by atoms with van der Waals surface area (Å²) in [7, 11) is 1.75. The van der Waals surface area contributed by atoms with Crippen LogP contribution in [0.5, 0.6) is 0 Å². The van der Waals surface area contributed by atoms with E-state index < -0.39 is 0 Å². The summed E-state index contributed by atoms with van der Waals surface area (Å²) >= 11 is 3.87. The first-order valence-corrected chi connectivity index (χ1v) is 6.82. The van der Waals surface area contributed by atoms with Gasteiger partial charge < -0.3 is 4.74 Å². The van der Waals surface area contributed by atoms with Gasteiger partial charge in [-0.05, 0) is 12.1 Å². The average Bonchev–Trinajstić information content (AvgIpc) is 2.25. The standard InChI is InChI=1S/C11H16OS2/c1-12-7-8-13-9-10-14-11-5-3-2-4-6-11/h2-6H,7-10H2,1H3. The van der Waals surface area contributed by atoms with Crippen LogP contribution in [0.2, 0.25) is 0 Å². The fraction of sp³-hybridized carbons (Fsp3) is 0.455. The smallest absolute Gasteiger partial charge is 0.0552 e. The third-order valence-electron chi connectivity index (χ3n) is 1.67. The molecule has 1 nitrogen and oxygen atoms in total. The Balaban J connectivity index is 1.99. The first-order valence-electron chi connectivity index (χ1n) is 4.68. The fourth-order valence-electron chi connectivity index (χ4n) is 0.979. The zero-order valence-corrected chi connectivity index (χ0v) is 10.1. The quantitative estimate of drug-likeness (QED) is 0.524. The summed E-state index contributed by atoms with van der Waals surface area (Å²) in [6.45, 7) is 0.862. The maximum absolute atomic E-state index is 4.98. The molecule has 0 aliphatic carbocycles. The maximum atomic E-state index is 4.98. The molecule has 78 valence electrons. The summed E-state index contributed by atoms with van der Waals surface area (Å²) in [4.78, 5) is 1.36. The van der Waals surface area contributed by atoms with Crippen molar-refractivity contribution >= 4 is 23.5 Å². The number of hydrogen-bond donors (Lipinski definition) is 0. The van der Waals surface area contributed by atoms with Crippen LogP contribution in [0.1, 0.15) is 0 Å². The highest BCUT2D eigenvalue weighted by atomic mass is 32.2. The molecule has 0 amide bonds. The van der Waals surface area contributed by atoms with Crippen molar-refractivity contribution in [2.75, 3.05) is 31.0 Å². The number of rotatable bonds is 7. The molecule has 0 bridgehead atoms. The average molecular weight is 228 g/mol. The van der Waals surface area contributed by atoms with Gasteiger partial charge >= 0.3 is 0 Å². The van der Waals surface area contributed by atoms with Crippen LogP contribution in [-0.4, -0.2) is 31.0 Å². The molecule has 3 heteroatoms. The molecule has 0 spiro atoms. The van der Waals surface area contributed by atoms with E-state index in [1.54, 1.807) is 7.11 Å². The number of thioether (sulfide) groups is 2. The Labute approximate surface area is 94.6 Å². The molecule has 0 atom stereocenters. The fourth-order valence-corrected chi connectivity index (χ4v) is 2.86. The second kappa shape index (κ2) is 8.21. The van der Waals surface area contributed by atoms with E-state index >= 15 is 0 Å². The molecule has 1 aromatic carbocycles. The van der Waals surface area contributed by atoms with Crippen LogP contribution in [-0.2, 0) is 4.74 Å². The highest BCUT2D eigenvalue weighted by Gasteiger charge is 1.92. The molecule has 0 aliphatic heterocycles. The lowest BCUT2D eigenvalue weighted by Gasteiger charge is -2.01. The van der Waals surface area contributed by atoms with Crippen molar-refractivity contribution in [1.82, 2.24) is 0 Å². The number of hydrogen-bond acceptors (Lipinski definition) is 3. The minimum absolute atomic E-state index is 0.862. The topological polar surface area (TPSA) is 9.23 Å². The van der Waals surface area contributed by atoms with Gasteiger partial charge in [0, 0.05) is 29.3 Å². The van der Waals surface area contributed by atoms with Crippen LogP contribution < -0.4 is 0 Å². The second-order valence-corrected chi connectivity index (χ2v) is 5.16. The molecular formula is C11H16OS2. The van der Waals surface area contributed by atoms with Crippen LogP contribution in [0.3, 0.4) is 0 Å². The molecule has 0 saturated heterocycles. The molecule has 0 aromatic heterocycles. The van der Waals surface area contributed by atoms with Crippen LogP contribution in [0.25, 0.3) is 0 Å². The SMILES string of the molecule is COCCSCCSc1ccccc1. The van der Waals surface area contributed by atoms with E-state index in [2.05, 4.69) is 30.3 Å². The van der Waals surface area contributed by atoms with Gasteiger partial charge in [-0.2, -0.15) is 11.8 Å². The summed E-state index contributed by atoms with van der Waals surface area (Å²) in [5.74, 6) is 3.48. The van der Waals surface area contributed by atoms with Crippen molar-refractivity contribution in [3.63, 3.8) is 0 Å². The lowest BCUT2D eigenvalue weighted by molar-refractivity contribution is 0.218. The minimum Gasteiger partial charge on any atom is -0.384 e. The zero-order valence-electron chi connectivity index (χ0n) is 8.44. The van der Waals surface area contributed by atoms with E-state index in [-0.39, 0.29) is 0 Å². The number of ether oxygens (including phenoxy) is 1. The summed E-state index contributed by atoms with van der Waals surface area (Å²) in [6.07, 6.45) is 0. The van der Waals surface area contributed by atoms with Gasteiger partial charge in [-0.3, -0.25) is 0 Å². The first kappa shape index (κ1) is 12.0. The van der Waals surface area contributed by atoms with Crippen LogP contribution in [0.4, 0.5) is 0 Å². The predicted octanol–water partition coefficient (Wildman–Crippen LogP) is 3.16. The van der Waals surface area contributed by atoms with Gasteiger partial charge in [-0.25, -0.2) is 0 Å². The third kappa shape index (κ3) is 5.58. The Morgan fingerprint density at radius 2 is 1.86 bits per heavy atom. The highest BCUT2D eigenvalue weighted by Crippen LogP contribution is 2.18. The molecule has 1 aromatic rings. The van der Waals surface area contributed by atoms with Gasteiger partial charge in [0.15, 0.2) is 0 Å². The molecule has 0 unspecified atom stereocenters. The van der Waals surface area contributed by atoms with Crippen molar-refractivity contribution < 1.29 is 4.74 Å². The molecule has 0 aliphatic rings. The number of benzene rings is 1. The molecule has 14 heavy (non-hydrogen) atoms. The first-order chi connectivity index (χ1) is 6.93. The molecule has 0 radical (unpaired) electrons. The van der Waals surface area contributed by atoms with Crippen LogP contribution >= 0.6 is 23.5 Å². The van der Waals surface area contributed by atoms with Crippen molar-refractivity contribution in [3.8, 4) is 0 Å². The Morgan fingerprint density at radius 1 is 1.07 bits per heavy atom. The molecular weight excluding hydrogens is 212 g/mol. The van der Waals surface area contributed by atoms with E-state index in [9.17, 15) is 0 Å². The lowest BCUT2D eigenvalue weighted by Crippen LogP contribution is -1.93. The Bertz CT molecular complexity index is 226. The highest BCUT2D eigenvalue weighted by molar-refractivity contribution is 8.02. The van der Waals surface area contributed by atoms with Crippen LogP contribution in [0, 0.1) is 0 Å². The van der Waals surface area contributed by atoms with E-state index in [0.717, 1.165) is 12.4 Å². The monoisotopic (exact) mass is 228 g/mol. The summed E-state index contributed by atoms with van der Waals surface area (Å²) < 4.78 is 4.98. The van der Waals surface area contributed by atoms with Crippen molar-refractivity contribution in [2.45, 2.75) is 4.90 Å². The van der Waals surface area contributed by atoms with Gasteiger partial charge in [-0.15, -0.1) is 11.8 Å². The van der Waals surface area contributed by atoms with Gasteiger partial charge in [-0.1, -0.05) is 18.2 Å². The molecule has 1 rings (SSSR count). The Kier molecular flexibility index (Phi) is 7.01. The van der Waals surface area contributed by atoms with E-state index in [1.165, 1.54) is 16.4 Å². The van der Waals surface area contributed by atoms with Gasteiger partial charge in [0.1, 0.15) is 0 Å². The normalized spacial score (nSPS) is 10.4. The molecule has 0 fully saturated rings. The Hall–Kier alpha value is -0.120. The Morgan fingerprint density at radius 3 is 2.57 bits per heavy atom. The molecule has 0 heterocycles. The molecule has 0 saturated carbocycles. The van der Waals surface area contributed by atoms with Crippen molar-refractivity contribution in [1.29, 1.82) is 0 Å². The minimum atomic E-state index is 0.862. The van der Waals surface area contributed by atoms with Crippen molar-refractivity contribution in [3.05, 3.63) is 30.3 Å². The lowest BCUT2D eigenvalue weighted by atomic mass is 10.4. The number of methoxy groups -OCH3 is 1. The summed E-state index contributed by atoms with van der Waals surface area (Å²) in [6, 6.07) is 10.5. The predicted molar refractivity (Wildman–Crippen MR) is 66.4 cm³/mol. The third-order valence-corrected chi connectivity index (χ3v) is 3.89. The van der Waals surface area contributed by atoms with Gasteiger partial charge in [0.2, 0.25) is 0 Å². The van der Waals surface area contributed by atoms with E-state index in [4.69, 9.17) is 4.74 Å². The van der Waals surface area contributed by atoms with Crippen molar-refractivity contribution in [2.24, 2.45) is 0 Å².